The van der Waals surface area contributed by atoms with Gasteiger partial charge in [0.1, 0.15) is 6.26 Å². The Morgan fingerprint density at radius 2 is 2.23 bits per heavy atom. The van der Waals surface area contributed by atoms with Gasteiger partial charge in [0.05, 0.1) is 18.2 Å². The van der Waals surface area contributed by atoms with Gasteiger partial charge in [-0.2, -0.15) is 0 Å². The van der Waals surface area contributed by atoms with E-state index in [0.717, 1.165) is 22.5 Å². The number of hydrogen-bond donors (Lipinski definition) is 2. The van der Waals surface area contributed by atoms with E-state index in [0.29, 0.717) is 12.4 Å². The summed E-state index contributed by atoms with van der Waals surface area (Å²) in [6.45, 7) is 4.09. The maximum Gasteiger partial charge on any atom is 0.227 e. The summed E-state index contributed by atoms with van der Waals surface area (Å²) >= 11 is 0. The second-order valence-corrected chi connectivity index (χ2v) is 5.17. The molecule has 0 aliphatic heterocycles. The predicted molar refractivity (Wildman–Crippen MR) is 84.5 cm³/mol. The lowest BCUT2D eigenvalue weighted by Gasteiger charge is -2.14. The van der Waals surface area contributed by atoms with Crippen LogP contribution in [0, 0.1) is 13.8 Å². The van der Waals surface area contributed by atoms with Crippen molar-refractivity contribution in [1.29, 1.82) is 0 Å². The number of aromatic nitrogens is 1. The van der Waals surface area contributed by atoms with Crippen LogP contribution >= 0.6 is 0 Å². The molecule has 6 heteroatoms. The second-order valence-electron chi connectivity index (χ2n) is 5.17. The molecule has 6 nitrogen and oxygen atoms in total. The Bertz CT molecular complexity index is 648. The van der Waals surface area contributed by atoms with E-state index < -0.39 is 0 Å². The van der Waals surface area contributed by atoms with Crippen molar-refractivity contribution in [1.82, 2.24) is 4.98 Å². The largest absolute Gasteiger partial charge is 0.444 e. The van der Waals surface area contributed by atoms with Crippen molar-refractivity contribution in [2.24, 2.45) is 5.73 Å². The molecule has 1 aromatic heterocycles. The van der Waals surface area contributed by atoms with Gasteiger partial charge in [0.25, 0.3) is 0 Å². The zero-order chi connectivity index (χ0) is 16.1. The summed E-state index contributed by atoms with van der Waals surface area (Å²) < 4.78 is 10.5. The van der Waals surface area contributed by atoms with Gasteiger partial charge in [0.2, 0.25) is 11.8 Å². The van der Waals surface area contributed by atoms with Crippen molar-refractivity contribution in [3.05, 3.63) is 35.7 Å². The van der Waals surface area contributed by atoms with Crippen LogP contribution in [-0.2, 0) is 9.53 Å². The van der Waals surface area contributed by atoms with Gasteiger partial charge >= 0.3 is 0 Å². The fraction of sp³-hybridized carbons (Fsp3) is 0.375. The van der Waals surface area contributed by atoms with Crippen molar-refractivity contribution in [2.75, 3.05) is 19.0 Å². The molecular weight excluding hydrogens is 282 g/mol. The van der Waals surface area contributed by atoms with Crippen molar-refractivity contribution in [3.63, 3.8) is 0 Å². The Morgan fingerprint density at radius 1 is 1.45 bits per heavy atom. The molecule has 0 radical (unpaired) electrons. The summed E-state index contributed by atoms with van der Waals surface area (Å²) in [6.07, 6.45) is 1.53. The van der Waals surface area contributed by atoms with E-state index in [1.54, 1.807) is 13.4 Å². The third-order valence-corrected chi connectivity index (χ3v) is 3.39. The highest BCUT2D eigenvalue weighted by Crippen LogP contribution is 2.25. The van der Waals surface area contributed by atoms with Crippen LogP contribution in [0.2, 0.25) is 0 Å². The van der Waals surface area contributed by atoms with Crippen LogP contribution < -0.4 is 11.1 Å². The van der Waals surface area contributed by atoms with E-state index >= 15 is 0 Å². The number of rotatable bonds is 6. The van der Waals surface area contributed by atoms with Crippen molar-refractivity contribution < 1.29 is 13.9 Å². The van der Waals surface area contributed by atoms with Crippen molar-refractivity contribution in [2.45, 2.75) is 26.4 Å². The second kappa shape index (κ2) is 7.20. The zero-order valence-corrected chi connectivity index (χ0v) is 13.1. The molecule has 1 unspecified atom stereocenters. The van der Waals surface area contributed by atoms with E-state index in [2.05, 4.69) is 10.3 Å². The quantitative estimate of drug-likeness (QED) is 0.854. The Kier molecular flexibility index (Phi) is 5.30. The first-order valence-corrected chi connectivity index (χ1v) is 7.09. The number of carbonyl (C=O) groups excluding carboxylic acids is 1. The molecule has 2 rings (SSSR count). The molecule has 0 aliphatic rings. The minimum absolute atomic E-state index is 0.138. The first-order chi connectivity index (χ1) is 10.5. The number of nitrogens with two attached hydrogens (primary N) is 1. The molecule has 22 heavy (non-hydrogen) atoms. The van der Waals surface area contributed by atoms with Crippen molar-refractivity contribution >= 4 is 11.6 Å². The van der Waals surface area contributed by atoms with E-state index in [1.807, 2.05) is 32.0 Å². The Hall–Kier alpha value is -2.18. The number of hydrogen-bond acceptors (Lipinski definition) is 5. The topological polar surface area (TPSA) is 90.4 Å². The summed E-state index contributed by atoms with van der Waals surface area (Å²) in [5, 5.41) is 2.88. The fourth-order valence-corrected chi connectivity index (χ4v) is 2.05. The van der Waals surface area contributed by atoms with Crippen LogP contribution in [0.5, 0.6) is 0 Å². The van der Waals surface area contributed by atoms with Crippen LogP contribution in [0.25, 0.3) is 11.5 Å². The van der Waals surface area contributed by atoms with Crippen molar-refractivity contribution in [3.8, 4) is 11.5 Å². The highest BCUT2D eigenvalue weighted by Gasteiger charge is 2.13. The van der Waals surface area contributed by atoms with Gasteiger partial charge in [-0.1, -0.05) is 6.07 Å². The Labute approximate surface area is 129 Å². The number of ether oxygens (including phenoxy) is 1. The van der Waals surface area contributed by atoms with Crippen LogP contribution in [0.3, 0.4) is 0 Å². The fourth-order valence-electron chi connectivity index (χ4n) is 2.05. The van der Waals surface area contributed by atoms with Crippen LogP contribution in [0.1, 0.15) is 17.7 Å². The minimum Gasteiger partial charge on any atom is -0.444 e. The average molecular weight is 303 g/mol. The first-order valence-electron chi connectivity index (χ1n) is 7.09. The number of nitrogens with zero attached hydrogens (tertiary/aromatic N) is 1. The monoisotopic (exact) mass is 303 g/mol. The van der Waals surface area contributed by atoms with Gasteiger partial charge in [-0.3, -0.25) is 4.79 Å². The molecule has 2 aromatic rings. The SMILES string of the molecule is COC(CN)CC(=O)Nc1cc(-c2nc(C)co2)ccc1C. The molecule has 0 saturated carbocycles. The molecule has 0 bridgehead atoms. The van der Waals surface area contributed by atoms with E-state index in [1.165, 1.54) is 0 Å². The Morgan fingerprint density at radius 3 is 2.82 bits per heavy atom. The number of aryl methyl sites for hydroxylation is 2. The summed E-state index contributed by atoms with van der Waals surface area (Å²) in [5.41, 5.74) is 8.85. The molecule has 0 aliphatic carbocycles. The molecule has 1 atom stereocenters. The van der Waals surface area contributed by atoms with Crippen LogP contribution in [-0.4, -0.2) is 30.6 Å². The third-order valence-electron chi connectivity index (χ3n) is 3.39. The van der Waals surface area contributed by atoms with E-state index in [-0.39, 0.29) is 18.4 Å². The zero-order valence-electron chi connectivity index (χ0n) is 13.1. The average Bonchev–Trinajstić information content (AvgIpc) is 2.93. The smallest absolute Gasteiger partial charge is 0.227 e. The standard InChI is InChI=1S/C16H21N3O3/c1-10-4-5-12(16-18-11(2)9-22-16)6-14(10)19-15(20)7-13(8-17)21-3/h4-6,9,13H,7-8,17H2,1-3H3,(H,19,20). The molecule has 1 heterocycles. The lowest BCUT2D eigenvalue weighted by Crippen LogP contribution is -2.28. The molecule has 0 fully saturated rings. The number of benzene rings is 1. The highest BCUT2D eigenvalue weighted by molar-refractivity contribution is 5.92. The van der Waals surface area contributed by atoms with E-state index in [9.17, 15) is 4.79 Å². The molecule has 0 saturated heterocycles. The molecule has 118 valence electrons. The third kappa shape index (κ3) is 3.93. The number of anilines is 1. The molecule has 1 aromatic carbocycles. The van der Waals surface area contributed by atoms with E-state index in [4.69, 9.17) is 14.9 Å². The van der Waals surface area contributed by atoms with Crippen LogP contribution in [0.4, 0.5) is 5.69 Å². The number of nitrogens with one attached hydrogen (secondary N) is 1. The minimum atomic E-state index is -0.280. The predicted octanol–water partition coefficient (Wildman–Crippen LogP) is 2.26. The molecule has 1 amide bonds. The maximum absolute atomic E-state index is 12.1. The normalized spacial score (nSPS) is 12.2. The van der Waals surface area contributed by atoms with Gasteiger partial charge < -0.3 is 20.2 Å². The molecular formula is C16H21N3O3. The maximum atomic E-state index is 12.1. The number of carbonyl (C=O) groups is 1. The van der Waals surface area contributed by atoms with Crippen LogP contribution in [0.15, 0.2) is 28.9 Å². The summed E-state index contributed by atoms with van der Waals surface area (Å²) in [7, 11) is 1.54. The first kappa shape index (κ1) is 16.2. The Balaban J connectivity index is 2.15. The summed E-state index contributed by atoms with van der Waals surface area (Å²) in [5.74, 6) is 0.394. The number of amides is 1. The number of oxazole rings is 1. The van der Waals surface area contributed by atoms with Gasteiger partial charge in [0, 0.05) is 24.9 Å². The molecule has 0 spiro atoms. The highest BCUT2D eigenvalue weighted by atomic mass is 16.5. The van der Waals surface area contributed by atoms with Gasteiger partial charge in [0.15, 0.2) is 0 Å². The molecule has 3 N–H and O–H groups in total. The lowest BCUT2D eigenvalue weighted by molar-refractivity contribution is -0.118. The number of methoxy groups -OCH3 is 1. The van der Waals surface area contributed by atoms with Gasteiger partial charge in [-0.25, -0.2) is 4.98 Å². The van der Waals surface area contributed by atoms with Gasteiger partial charge in [-0.05, 0) is 31.5 Å². The summed E-state index contributed by atoms with van der Waals surface area (Å²) in [4.78, 5) is 16.3. The summed E-state index contributed by atoms with van der Waals surface area (Å²) in [6, 6.07) is 5.68. The lowest BCUT2D eigenvalue weighted by atomic mass is 10.1. The van der Waals surface area contributed by atoms with Gasteiger partial charge in [-0.15, -0.1) is 0 Å².